The van der Waals surface area contributed by atoms with Gasteiger partial charge < -0.3 is 0 Å². The van der Waals surface area contributed by atoms with Crippen LogP contribution in [0.5, 0.6) is 0 Å². The molecule has 3 aromatic heterocycles. The topological polar surface area (TPSA) is 126 Å². The highest BCUT2D eigenvalue weighted by molar-refractivity contribution is 7.98. The number of allylic oxidation sites excluding steroid dienone is 1. The highest BCUT2D eigenvalue weighted by Crippen LogP contribution is 2.18. The van der Waals surface area contributed by atoms with Gasteiger partial charge in [-0.25, -0.2) is 37.9 Å². The van der Waals surface area contributed by atoms with E-state index >= 15 is 0 Å². The van der Waals surface area contributed by atoms with E-state index in [1.165, 1.54) is 39.5 Å². The summed E-state index contributed by atoms with van der Waals surface area (Å²) in [4.78, 5) is 25.2. The van der Waals surface area contributed by atoms with Crippen LogP contribution in [0.2, 0.25) is 0 Å². The van der Waals surface area contributed by atoms with Gasteiger partial charge in [0.1, 0.15) is 5.39 Å². The van der Waals surface area contributed by atoms with Crippen molar-refractivity contribution in [3.05, 3.63) is 47.4 Å². The minimum Gasteiger partial charge on any atom is -0.267 e. The van der Waals surface area contributed by atoms with Gasteiger partial charge in [0.05, 0.1) is 6.54 Å². The van der Waals surface area contributed by atoms with E-state index in [0.717, 1.165) is 0 Å². The lowest BCUT2D eigenvalue weighted by Gasteiger charge is -2.10. The van der Waals surface area contributed by atoms with Gasteiger partial charge in [-0.1, -0.05) is 23.9 Å². The first-order valence-corrected chi connectivity index (χ1v) is 9.77. The van der Waals surface area contributed by atoms with Crippen molar-refractivity contribution in [2.24, 2.45) is 5.14 Å². The van der Waals surface area contributed by atoms with E-state index < -0.39 is 10.0 Å². The normalized spacial score (nSPS) is 11.8. The lowest BCUT2D eigenvalue weighted by Crippen LogP contribution is -2.23. The zero-order valence-corrected chi connectivity index (χ0v) is 14.8. The van der Waals surface area contributed by atoms with Gasteiger partial charge in [0, 0.05) is 6.20 Å². The van der Waals surface area contributed by atoms with Crippen molar-refractivity contribution in [3.63, 3.8) is 0 Å². The summed E-state index contributed by atoms with van der Waals surface area (Å²) in [6, 6.07) is 4.34. The fraction of sp³-hybridized carbons (Fsp3) is 0.143. The summed E-state index contributed by atoms with van der Waals surface area (Å²) in [5.74, 6) is 0.200. The molecule has 0 aliphatic rings. The molecule has 130 valence electrons. The summed E-state index contributed by atoms with van der Waals surface area (Å²) < 4.78 is 26.0. The number of rotatable bonds is 5. The molecule has 0 saturated carbocycles. The van der Waals surface area contributed by atoms with Gasteiger partial charge in [-0.15, -0.1) is 6.58 Å². The third kappa shape index (κ3) is 3.08. The molecule has 0 unspecified atom stereocenters. The Morgan fingerprint density at radius 1 is 1.36 bits per heavy atom. The lowest BCUT2D eigenvalue weighted by atomic mass is 10.4. The number of aromatic nitrogens is 5. The van der Waals surface area contributed by atoms with Crippen LogP contribution in [0.15, 0.2) is 52.0 Å². The lowest BCUT2D eigenvalue weighted by molar-refractivity contribution is 0.582. The molecule has 3 aromatic rings. The summed E-state index contributed by atoms with van der Waals surface area (Å²) >= 11 is 1.32. The number of nitrogens with two attached hydrogens (primary N) is 1. The maximum Gasteiger partial charge on any atom is 0.278 e. The largest absolute Gasteiger partial charge is 0.278 e. The van der Waals surface area contributed by atoms with Crippen LogP contribution in [0, 0.1) is 0 Å². The third-order valence-corrected chi connectivity index (χ3v) is 4.73. The SMILES string of the molecule is C=CCn1c(=O)c2cnc(SC)nc2n1-c1cccc(S(N)(=O)=O)n1. The van der Waals surface area contributed by atoms with Crippen LogP contribution in [-0.4, -0.2) is 39.0 Å². The number of hydrogen-bond acceptors (Lipinski definition) is 7. The predicted octanol–water partition coefficient (Wildman–Crippen LogP) is 0.532. The Morgan fingerprint density at radius 2 is 2.12 bits per heavy atom. The Balaban J connectivity index is 2.40. The molecule has 3 heterocycles. The van der Waals surface area contributed by atoms with Gasteiger partial charge in [-0.05, 0) is 18.4 Å². The number of nitrogens with zero attached hydrogens (tertiary/aromatic N) is 5. The molecule has 0 bridgehead atoms. The Labute approximate surface area is 147 Å². The summed E-state index contributed by atoms with van der Waals surface area (Å²) in [5.41, 5.74) is -0.00405. The molecule has 2 N–H and O–H groups in total. The second-order valence-corrected chi connectivity index (χ2v) is 7.24. The zero-order valence-electron chi connectivity index (χ0n) is 13.2. The van der Waals surface area contributed by atoms with Crippen LogP contribution in [0.3, 0.4) is 0 Å². The molecule has 0 aliphatic heterocycles. The second-order valence-electron chi connectivity index (χ2n) is 4.96. The Hall–Kier alpha value is -2.50. The van der Waals surface area contributed by atoms with Crippen molar-refractivity contribution < 1.29 is 8.42 Å². The first-order valence-electron chi connectivity index (χ1n) is 7.00. The molecule has 11 heteroatoms. The minimum absolute atomic E-state index is 0.186. The number of sulfonamides is 1. The van der Waals surface area contributed by atoms with Crippen LogP contribution >= 0.6 is 11.8 Å². The first-order chi connectivity index (χ1) is 11.9. The van der Waals surface area contributed by atoms with Crippen LogP contribution in [0.25, 0.3) is 16.9 Å². The van der Waals surface area contributed by atoms with Crippen molar-refractivity contribution in [1.29, 1.82) is 0 Å². The van der Waals surface area contributed by atoms with Gasteiger partial charge in [0.2, 0.25) is 0 Å². The number of pyridine rings is 1. The van der Waals surface area contributed by atoms with Gasteiger partial charge >= 0.3 is 0 Å². The van der Waals surface area contributed by atoms with E-state index in [1.807, 2.05) is 6.26 Å². The van der Waals surface area contributed by atoms with Crippen LogP contribution in [-0.2, 0) is 16.6 Å². The van der Waals surface area contributed by atoms with Gasteiger partial charge in [0.25, 0.3) is 15.6 Å². The summed E-state index contributed by atoms with van der Waals surface area (Å²) in [6.45, 7) is 3.83. The van der Waals surface area contributed by atoms with E-state index in [1.54, 1.807) is 12.1 Å². The number of hydrogen-bond donors (Lipinski definition) is 1. The van der Waals surface area contributed by atoms with Gasteiger partial charge in [0.15, 0.2) is 21.6 Å². The molecular formula is C14H14N6O3S2. The quantitative estimate of drug-likeness (QED) is 0.390. The molecule has 0 aromatic carbocycles. The van der Waals surface area contributed by atoms with Gasteiger partial charge in [-0.3, -0.25) is 4.79 Å². The van der Waals surface area contributed by atoms with Gasteiger partial charge in [-0.2, -0.15) is 0 Å². The molecule has 0 fully saturated rings. The Kier molecular flexibility index (Phi) is 4.45. The maximum absolute atomic E-state index is 12.6. The van der Waals surface area contributed by atoms with Crippen LogP contribution in [0.4, 0.5) is 0 Å². The fourth-order valence-electron chi connectivity index (χ4n) is 2.31. The third-order valence-electron chi connectivity index (χ3n) is 3.36. The molecular weight excluding hydrogens is 364 g/mol. The fourth-order valence-corrected chi connectivity index (χ4v) is 3.14. The molecule has 0 amide bonds. The molecule has 0 saturated heterocycles. The predicted molar refractivity (Wildman–Crippen MR) is 94.3 cm³/mol. The van der Waals surface area contributed by atoms with E-state index in [0.29, 0.717) is 16.2 Å². The second kappa shape index (κ2) is 6.43. The zero-order chi connectivity index (χ0) is 18.2. The smallest absolute Gasteiger partial charge is 0.267 e. The average Bonchev–Trinajstić information content (AvgIpc) is 2.86. The molecule has 25 heavy (non-hydrogen) atoms. The van der Waals surface area contributed by atoms with E-state index in [-0.39, 0.29) is 22.9 Å². The minimum atomic E-state index is -3.99. The Bertz CT molecular complexity index is 1130. The van der Waals surface area contributed by atoms with Crippen molar-refractivity contribution in [1.82, 2.24) is 24.3 Å². The van der Waals surface area contributed by atoms with Crippen molar-refractivity contribution in [2.45, 2.75) is 16.7 Å². The average molecular weight is 378 g/mol. The van der Waals surface area contributed by atoms with E-state index in [2.05, 4.69) is 21.5 Å². The van der Waals surface area contributed by atoms with E-state index in [4.69, 9.17) is 5.14 Å². The molecule has 0 atom stereocenters. The van der Waals surface area contributed by atoms with E-state index in [9.17, 15) is 13.2 Å². The molecule has 9 nitrogen and oxygen atoms in total. The summed E-state index contributed by atoms with van der Waals surface area (Å²) in [6.07, 6.45) is 4.80. The highest BCUT2D eigenvalue weighted by atomic mass is 32.2. The molecule has 0 radical (unpaired) electrons. The highest BCUT2D eigenvalue weighted by Gasteiger charge is 2.19. The van der Waals surface area contributed by atoms with Crippen LogP contribution < -0.4 is 10.7 Å². The number of thioether (sulfide) groups is 1. The monoisotopic (exact) mass is 378 g/mol. The molecule has 0 spiro atoms. The molecule has 0 aliphatic carbocycles. The van der Waals surface area contributed by atoms with Crippen molar-refractivity contribution in [2.75, 3.05) is 6.26 Å². The summed E-state index contributed by atoms with van der Waals surface area (Å²) in [7, 11) is -3.99. The molecule has 3 rings (SSSR count). The standard InChI is InChI=1S/C14H14N6O3S2/c1-3-7-19-13(21)9-8-16-14(24-2)18-12(9)20(19)10-5-4-6-11(17-10)25(15,22)23/h3-6,8H,1,7H2,2H3,(H2,15,22,23). The van der Waals surface area contributed by atoms with Crippen molar-refractivity contribution >= 4 is 32.8 Å². The van der Waals surface area contributed by atoms with Crippen LogP contribution in [0.1, 0.15) is 0 Å². The summed E-state index contributed by atoms with van der Waals surface area (Å²) in [5, 5.41) is 5.61. The van der Waals surface area contributed by atoms with Crippen molar-refractivity contribution in [3.8, 4) is 5.82 Å². The number of primary sulfonamides is 1. The first kappa shape index (κ1) is 17.3. The maximum atomic E-state index is 12.6. The Morgan fingerprint density at radius 3 is 2.76 bits per heavy atom. The number of fused-ring (bicyclic) bond motifs is 1.